The third-order valence-corrected chi connectivity index (χ3v) is 10.6. The van der Waals surface area contributed by atoms with Crippen LogP contribution in [0, 0.1) is 0 Å². The number of rotatable bonds is 8. The van der Waals surface area contributed by atoms with Gasteiger partial charge in [0.1, 0.15) is 0 Å². The molecule has 0 fully saturated rings. The van der Waals surface area contributed by atoms with Gasteiger partial charge in [0.05, 0.1) is 0 Å². The SMILES string of the molecule is CC[SiH](CC)CCC[SiH](CC)CC. The van der Waals surface area contributed by atoms with E-state index >= 15 is 0 Å². The first-order chi connectivity index (χ1) is 6.28. The molecular formula is C11H28Si2. The minimum absolute atomic E-state index is 0.251. The van der Waals surface area contributed by atoms with Crippen molar-refractivity contribution in [2.45, 2.75) is 70.4 Å². The third-order valence-electron chi connectivity index (χ3n) is 3.53. The minimum atomic E-state index is -0.251. The van der Waals surface area contributed by atoms with Crippen molar-refractivity contribution in [1.82, 2.24) is 0 Å². The van der Waals surface area contributed by atoms with E-state index in [9.17, 15) is 0 Å². The van der Waals surface area contributed by atoms with Gasteiger partial charge >= 0.3 is 0 Å². The molecule has 0 saturated heterocycles. The van der Waals surface area contributed by atoms with Crippen LogP contribution in [0.2, 0.25) is 36.3 Å². The Morgan fingerprint density at radius 2 is 0.923 bits per heavy atom. The van der Waals surface area contributed by atoms with Crippen molar-refractivity contribution in [3.05, 3.63) is 0 Å². The summed E-state index contributed by atoms with van der Waals surface area (Å²) in [6.07, 6.45) is 1.58. The highest BCUT2D eigenvalue weighted by molar-refractivity contribution is 6.60. The Balaban J connectivity index is 3.41. The Labute approximate surface area is 88.3 Å². The third kappa shape index (κ3) is 6.50. The van der Waals surface area contributed by atoms with Crippen molar-refractivity contribution in [3.8, 4) is 0 Å². The zero-order valence-electron chi connectivity index (χ0n) is 10.1. The van der Waals surface area contributed by atoms with Gasteiger partial charge in [-0.05, 0) is 0 Å². The molecule has 13 heavy (non-hydrogen) atoms. The van der Waals surface area contributed by atoms with Crippen LogP contribution in [0.1, 0.15) is 34.1 Å². The lowest BCUT2D eigenvalue weighted by molar-refractivity contribution is 1.00. The summed E-state index contributed by atoms with van der Waals surface area (Å²) in [5, 5.41) is 0. The molecule has 0 saturated carbocycles. The molecule has 0 aromatic heterocycles. The van der Waals surface area contributed by atoms with Gasteiger partial charge in [0.25, 0.3) is 0 Å². The van der Waals surface area contributed by atoms with E-state index < -0.39 is 0 Å². The first-order valence-electron chi connectivity index (χ1n) is 6.28. The van der Waals surface area contributed by atoms with Crippen LogP contribution in [0.15, 0.2) is 0 Å². The molecule has 0 radical (unpaired) electrons. The van der Waals surface area contributed by atoms with Crippen LogP contribution >= 0.6 is 0 Å². The largest absolute Gasteiger partial charge is 0.0680 e. The second-order valence-corrected chi connectivity index (χ2v) is 12.2. The topological polar surface area (TPSA) is 0 Å². The summed E-state index contributed by atoms with van der Waals surface area (Å²) in [6.45, 7) is 9.59. The highest BCUT2D eigenvalue weighted by Gasteiger charge is 2.08. The molecule has 0 unspecified atom stereocenters. The van der Waals surface area contributed by atoms with Crippen molar-refractivity contribution in [2.24, 2.45) is 0 Å². The average Bonchev–Trinajstić information content (AvgIpc) is 2.19. The zero-order chi connectivity index (χ0) is 10.1. The first kappa shape index (κ1) is 13.4. The van der Waals surface area contributed by atoms with E-state index in [1.54, 1.807) is 18.5 Å². The predicted molar refractivity (Wildman–Crippen MR) is 70.5 cm³/mol. The summed E-state index contributed by atoms with van der Waals surface area (Å²) in [5.74, 6) is 0. The second kappa shape index (κ2) is 9.01. The van der Waals surface area contributed by atoms with Crippen molar-refractivity contribution in [1.29, 1.82) is 0 Å². The highest BCUT2D eigenvalue weighted by atomic mass is 28.3. The minimum Gasteiger partial charge on any atom is -0.0680 e. The van der Waals surface area contributed by atoms with E-state index in [4.69, 9.17) is 0 Å². The predicted octanol–water partition coefficient (Wildman–Crippen LogP) is 3.91. The van der Waals surface area contributed by atoms with E-state index in [1.165, 1.54) is 24.2 Å². The van der Waals surface area contributed by atoms with Crippen molar-refractivity contribution in [2.75, 3.05) is 0 Å². The lowest BCUT2D eigenvalue weighted by atomic mass is 10.6. The summed E-state index contributed by atoms with van der Waals surface area (Å²) in [7, 11) is -0.502. The Morgan fingerprint density at radius 3 is 1.15 bits per heavy atom. The van der Waals surface area contributed by atoms with Gasteiger partial charge in [0.2, 0.25) is 0 Å². The summed E-state index contributed by atoms with van der Waals surface area (Å²) in [6, 6.07) is 9.39. The van der Waals surface area contributed by atoms with E-state index in [-0.39, 0.29) is 17.6 Å². The van der Waals surface area contributed by atoms with Gasteiger partial charge < -0.3 is 0 Å². The fourth-order valence-corrected chi connectivity index (χ4v) is 6.97. The van der Waals surface area contributed by atoms with Gasteiger partial charge in [-0.1, -0.05) is 70.4 Å². The molecule has 0 bridgehead atoms. The maximum atomic E-state index is 2.40. The molecule has 0 aliphatic carbocycles. The van der Waals surface area contributed by atoms with Gasteiger partial charge in [-0.25, -0.2) is 0 Å². The van der Waals surface area contributed by atoms with Crippen LogP contribution in [0.25, 0.3) is 0 Å². The van der Waals surface area contributed by atoms with Crippen molar-refractivity contribution >= 4 is 17.6 Å². The molecule has 0 aliphatic rings. The van der Waals surface area contributed by atoms with Crippen LogP contribution in [0.3, 0.4) is 0 Å². The van der Waals surface area contributed by atoms with Gasteiger partial charge in [0.15, 0.2) is 0 Å². The maximum absolute atomic E-state index is 2.40. The summed E-state index contributed by atoms with van der Waals surface area (Å²) >= 11 is 0. The molecule has 0 heterocycles. The van der Waals surface area contributed by atoms with Crippen LogP contribution in [-0.4, -0.2) is 17.6 Å². The van der Waals surface area contributed by atoms with Gasteiger partial charge in [-0.2, -0.15) is 0 Å². The molecule has 0 atom stereocenters. The maximum Gasteiger partial charge on any atom is 0.0362 e. The Bertz CT molecular complexity index is 84.3. The van der Waals surface area contributed by atoms with Crippen molar-refractivity contribution in [3.63, 3.8) is 0 Å². The van der Waals surface area contributed by atoms with Gasteiger partial charge in [-0.3, -0.25) is 0 Å². The van der Waals surface area contributed by atoms with E-state index in [0.29, 0.717) is 0 Å². The summed E-state index contributed by atoms with van der Waals surface area (Å²) in [5.41, 5.74) is 0. The molecule has 0 N–H and O–H groups in total. The molecule has 0 aromatic carbocycles. The van der Waals surface area contributed by atoms with E-state index in [1.807, 2.05) is 0 Å². The lowest BCUT2D eigenvalue weighted by Crippen LogP contribution is -2.12. The van der Waals surface area contributed by atoms with Crippen LogP contribution in [0.4, 0.5) is 0 Å². The zero-order valence-corrected chi connectivity index (χ0v) is 12.4. The van der Waals surface area contributed by atoms with E-state index in [0.717, 1.165) is 0 Å². The molecule has 80 valence electrons. The Kier molecular flexibility index (Phi) is 9.31. The standard InChI is InChI=1S/C11H28Si2/c1-5-12(6-2)10-9-11-13(7-3)8-4/h12-13H,5-11H2,1-4H3. The van der Waals surface area contributed by atoms with Crippen LogP contribution in [0.5, 0.6) is 0 Å². The first-order valence-corrected chi connectivity index (χ1v) is 11.2. The fourth-order valence-electron chi connectivity index (χ4n) is 2.09. The molecule has 0 nitrogen and oxygen atoms in total. The lowest BCUT2D eigenvalue weighted by Gasteiger charge is -2.13. The van der Waals surface area contributed by atoms with Crippen LogP contribution < -0.4 is 0 Å². The summed E-state index contributed by atoms with van der Waals surface area (Å²) < 4.78 is 0. The molecule has 0 aliphatic heterocycles. The highest BCUT2D eigenvalue weighted by Crippen LogP contribution is 2.14. The molecule has 0 rings (SSSR count). The smallest absolute Gasteiger partial charge is 0.0362 e. The molecule has 0 spiro atoms. The molecular weight excluding hydrogens is 188 g/mol. The quantitative estimate of drug-likeness (QED) is 0.540. The van der Waals surface area contributed by atoms with Gasteiger partial charge in [0, 0.05) is 17.6 Å². The van der Waals surface area contributed by atoms with Crippen molar-refractivity contribution < 1.29 is 0 Å². The fraction of sp³-hybridized carbons (Fsp3) is 1.00. The van der Waals surface area contributed by atoms with Crippen LogP contribution in [-0.2, 0) is 0 Å². The average molecular weight is 217 g/mol. The molecule has 0 amide bonds. The monoisotopic (exact) mass is 216 g/mol. The van der Waals surface area contributed by atoms with Gasteiger partial charge in [-0.15, -0.1) is 0 Å². The Hall–Kier alpha value is 0.434. The number of hydrogen-bond donors (Lipinski definition) is 0. The summed E-state index contributed by atoms with van der Waals surface area (Å²) in [4.78, 5) is 0. The molecule has 2 heteroatoms. The Morgan fingerprint density at radius 1 is 0.615 bits per heavy atom. The van der Waals surface area contributed by atoms with E-state index in [2.05, 4.69) is 27.7 Å². The normalized spacial score (nSPS) is 11.5. The molecule has 0 aromatic rings. The number of hydrogen-bond acceptors (Lipinski definition) is 0. The second-order valence-electron chi connectivity index (χ2n) is 4.30.